The minimum atomic E-state index is -0.197. The molecule has 6 heteroatoms. The molecule has 0 N–H and O–H groups in total. The fourth-order valence-corrected chi connectivity index (χ4v) is 5.47. The van der Waals surface area contributed by atoms with E-state index < -0.39 is 0 Å². The number of anilines is 2. The largest absolute Gasteiger partial charge is 0.329 e. The molecule has 1 saturated heterocycles. The maximum absolute atomic E-state index is 13.8. The lowest BCUT2D eigenvalue weighted by atomic mass is 9.91. The number of fused-ring (bicyclic) bond motifs is 2. The fourth-order valence-electron chi connectivity index (χ4n) is 5.47. The van der Waals surface area contributed by atoms with Gasteiger partial charge in [-0.2, -0.15) is 0 Å². The number of piperidine rings is 1. The van der Waals surface area contributed by atoms with Crippen LogP contribution in [0.25, 0.3) is 6.08 Å². The molecular formula is C32H35N4O2. The smallest absolute Gasteiger partial charge is 0.324 e. The Kier molecular flexibility index (Phi) is 8.49. The van der Waals surface area contributed by atoms with Crippen LogP contribution in [-0.4, -0.2) is 41.5 Å². The van der Waals surface area contributed by atoms with Crippen LogP contribution in [0.2, 0.25) is 0 Å². The summed E-state index contributed by atoms with van der Waals surface area (Å²) in [6.07, 6.45) is 13.7. The number of nitrogens with zero attached hydrogens (tertiary/aromatic N) is 4. The second-order valence-corrected chi connectivity index (χ2v) is 10.1. The second kappa shape index (κ2) is 12.5. The minimum absolute atomic E-state index is 0.0851. The standard InChI is InChI=1S/C32H35N4O2/c37-31(17-14-26-9-7-20-33-24-26)34-21-6-5-8-25-18-22-35(23-19-25)32(38)36-29-12-3-1-10-27(29)15-16-28-11-2-4-13-30(28)36/h1-4,7,9-14,17,20,24-25H,5-6,8,15-16,18-19,21-23H2. The Morgan fingerprint density at radius 1 is 0.895 bits per heavy atom. The Balaban J connectivity index is 1.08. The van der Waals surface area contributed by atoms with Crippen LogP contribution in [0.4, 0.5) is 16.2 Å². The number of carbonyl (C=O) groups is 2. The number of hydrogen-bond donors (Lipinski definition) is 0. The molecule has 1 radical (unpaired) electrons. The highest BCUT2D eigenvalue weighted by molar-refractivity contribution is 6.01. The number of carbonyl (C=O) groups excluding carboxylic acids is 2. The van der Waals surface area contributed by atoms with Crippen LogP contribution < -0.4 is 10.2 Å². The molecule has 195 valence electrons. The number of amides is 3. The number of pyridine rings is 1. The zero-order valence-corrected chi connectivity index (χ0v) is 21.8. The number of rotatable bonds is 7. The van der Waals surface area contributed by atoms with Gasteiger partial charge in [0.25, 0.3) is 5.91 Å². The molecule has 2 aliphatic rings. The van der Waals surface area contributed by atoms with E-state index in [-0.39, 0.29) is 11.9 Å². The van der Waals surface area contributed by atoms with Crippen molar-refractivity contribution >= 4 is 29.4 Å². The highest BCUT2D eigenvalue weighted by Crippen LogP contribution is 2.37. The fraction of sp³-hybridized carbons (Fsp3) is 0.344. The lowest BCUT2D eigenvalue weighted by Crippen LogP contribution is -2.45. The van der Waals surface area contributed by atoms with E-state index in [1.165, 1.54) is 17.2 Å². The Hall–Kier alpha value is -3.93. The van der Waals surface area contributed by atoms with E-state index >= 15 is 0 Å². The Morgan fingerprint density at radius 3 is 2.24 bits per heavy atom. The van der Waals surface area contributed by atoms with E-state index in [0.717, 1.165) is 75.0 Å². The van der Waals surface area contributed by atoms with Gasteiger partial charge in [-0.25, -0.2) is 10.1 Å². The number of aryl methyl sites for hydroxylation is 2. The van der Waals surface area contributed by atoms with Crippen molar-refractivity contribution in [1.82, 2.24) is 15.2 Å². The number of hydrogen-bond acceptors (Lipinski definition) is 3. The molecule has 3 amide bonds. The molecule has 0 unspecified atom stereocenters. The topological polar surface area (TPSA) is 67.6 Å². The number of aromatic nitrogens is 1. The molecule has 0 atom stereocenters. The maximum atomic E-state index is 13.8. The lowest BCUT2D eigenvalue weighted by molar-refractivity contribution is -0.116. The molecule has 0 aliphatic carbocycles. The summed E-state index contributed by atoms with van der Waals surface area (Å²) in [7, 11) is 0. The number of para-hydroxylation sites is 2. The maximum Gasteiger partial charge on any atom is 0.329 e. The Morgan fingerprint density at radius 2 is 1.58 bits per heavy atom. The van der Waals surface area contributed by atoms with E-state index in [4.69, 9.17) is 0 Å². The number of unbranched alkanes of at least 4 members (excludes halogenated alkanes) is 1. The van der Waals surface area contributed by atoms with E-state index in [1.807, 2.05) is 34.1 Å². The third kappa shape index (κ3) is 6.31. The zero-order valence-electron chi connectivity index (χ0n) is 21.8. The predicted octanol–water partition coefficient (Wildman–Crippen LogP) is 6.17. The zero-order chi connectivity index (χ0) is 26.2. The molecular weight excluding hydrogens is 472 g/mol. The monoisotopic (exact) mass is 507 g/mol. The van der Waals surface area contributed by atoms with Gasteiger partial charge < -0.3 is 4.90 Å². The van der Waals surface area contributed by atoms with Crippen LogP contribution in [0.5, 0.6) is 0 Å². The van der Waals surface area contributed by atoms with Crippen molar-refractivity contribution in [3.05, 3.63) is 95.8 Å². The van der Waals surface area contributed by atoms with Crippen molar-refractivity contribution in [3.8, 4) is 0 Å². The molecule has 0 bridgehead atoms. The van der Waals surface area contributed by atoms with Crippen LogP contribution in [0.3, 0.4) is 0 Å². The molecule has 0 spiro atoms. The van der Waals surface area contributed by atoms with Crippen molar-refractivity contribution in [2.24, 2.45) is 5.92 Å². The van der Waals surface area contributed by atoms with Gasteiger partial charge in [-0.15, -0.1) is 0 Å². The average Bonchev–Trinajstić information content (AvgIpc) is 3.13. The van der Waals surface area contributed by atoms with Crippen LogP contribution in [0.15, 0.2) is 79.1 Å². The van der Waals surface area contributed by atoms with Crippen LogP contribution in [0, 0.1) is 5.92 Å². The van der Waals surface area contributed by atoms with Crippen LogP contribution in [-0.2, 0) is 17.6 Å². The van der Waals surface area contributed by atoms with Crippen molar-refractivity contribution in [1.29, 1.82) is 0 Å². The quantitative estimate of drug-likeness (QED) is 0.284. The van der Waals surface area contributed by atoms with Gasteiger partial charge in [-0.05, 0) is 79.0 Å². The molecule has 2 aromatic carbocycles. The van der Waals surface area contributed by atoms with Crippen LogP contribution in [0.1, 0.15) is 48.8 Å². The predicted molar refractivity (Wildman–Crippen MR) is 151 cm³/mol. The molecule has 5 rings (SSSR count). The third-order valence-electron chi connectivity index (χ3n) is 7.60. The first-order valence-electron chi connectivity index (χ1n) is 13.7. The first-order chi connectivity index (χ1) is 18.7. The summed E-state index contributed by atoms with van der Waals surface area (Å²) in [6.45, 7) is 2.12. The van der Waals surface area contributed by atoms with Gasteiger partial charge in [-0.3, -0.25) is 14.7 Å². The van der Waals surface area contributed by atoms with Crippen molar-refractivity contribution < 1.29 is 9.59 Å². The van der Waals surface area contributed by atoms with E-state index in [9.17, 15) is 9.59 Å². The van der Waals surface area contributed by atoms with Gasteiger partial charge in [0.1, 0.15) is 0 Å². The second-order valence-electron chi connectivity index (χ2n) is 10.1. The molecule has 1 aromatic heterocycles. The highest BCUT2D eigenvalue weighted by Gasteiger charge is 2.31. The summed E-state index contributed by atoms with van der Waals surface area (Å²) in [5, 5.41) is 4.15. The number of urea groups is 1. The number of likely N-dealkylation sites (tertiary alicyclic amines) is 1. The molecule has 3 heterocycles. The van der Waals surface area contributed by atoms with Crippen molar-refractivity contribution in [3.63, 3.8) is 0 Å². The molecule has 38 heavy (non-hydrogen) atoms. The van der Waals surface area contributed by atoms with E-state index in [2.05, 4.69) is 46.7 Å². The molecule has 0 saturated carbocycles. The minimum Gasteiger partial charge on any atom is -0.324 e. The van der Waals surface area contributed by atoms with Crippen molar-refractivity contribution in [2.45, 2.75) is 44.9 Å². The number of benzene rings is 2. The summed E-state index contributed by atoms with van der Waals surface area (Å²) < 4.78 is 0. The molecule has 1 fully saturated rings. The Labute approximate surface area is 225 Å². The summed E-state index contributed by atoms with van der Waals surface area (Å²) in [4.78, 5) is 33.8. The molecule has 3 aromatic rings. The lowest BCUT2D eigenvalue weighted by Gasteiger charge is -2.36. The molecule has 6 nitrogen and oxygen atoms in total. The van der Waals surface area contributed by atoms with Gasteiger partial charge in [0.15, 0.2) is 0 Å². The van der Waals surface area contributed by atoms with E-state index in [1.54, 1.807) is 18.5 Å². The van der Waals surface area contributed by atoms with Gasteiger partial charge in [0.05, 0.1) is 11.4 Å². The van der Waals surface area contributed by atoms with Gasteiger partial charge in [-0.1, -0.05) is 55.3 Å². The summed E-state index contributed by atoms with van der Waals surface area (Å²) in [5.41, 5.74) is 5.37. The van der Waals surface area contributed by atoms with Gasteiger partial charge in [0.2, 0.25) is 0 Å². The highest BCUT2D eigenvalue weighted by atomic mass is 16.2. The first kappa shape index (κ1) is 25.7. The summed E-state index contributed by atoms with van der Waals surface area (Å²) >= 11 is 0. The third-order valence-corrected chi connectivity index (χ3v) is 7.60. The average molecular weight is 508 g/mol. The van der Waals surface area contributed by atoms with E-state index in [0.29, 0.717) is 12.5 Å². The molecule has 2 aliphatic heterocycles. The van der Waals surface area contributed by atoms with Crippen LogP contribution >= 0.6 is 0 Å². The van der Waals surface area contributed by atoms with Gasteiger partial charge in [0, 0.05) is 38.1 Å². The SMILES string of the molecule is O=C(C=Cc1cccnc1)[N]CCCCC1CCN(C(=O)N2c3ccccc3CCc3ccccc32)CC1. The van der Waals surface area contributed by atoms with Crippen molar-refractivity contribution in [2.75, 3.05) is 24.5 Å². The van der Waals surface area contributed by atoms with Gasteiger partial charge >= 0.3 is 6.03 Å². The Bertz CT molecular complexity index is 1220. The normalized spacial score (nSPS) is 15.6. The first-order valence-corrected chi connectivity index (χ1v) is 13.7. The summed E-state index contributed by atoms with van der Waals surface area (Å²) in [5.74, 6) is 0.418. The summed E-state index contributed by atoms with van der Waals surface area (Å²) in [6, 6.07) is 20.4.